The molecule has 0 aliphatic rings. The van der Waals surface area contributed by atoms with Crippen molar-refractivity contribution in [2.24, 2.45) is 0 Å². The summed E-state index contributed by atoms with van der Waals surface area (Å²) in [6.45, 7) is 7.25. The van der Waals surface area contributed by atoms with E-state index in [-0.39, 0.29) is 0 Å². The van der Waals surface area contributed by atoms with Crippen LogP contribution >= 0.6 is 7.68 Å². The predicted molar refractivity (Wildman–Crippen MR) is 137 cm³/mol. The Hall–Kier alpha value is -0.400. The number of allylic oxidation sites excluding steroid dienone is 2. The third kappa shape index (κ3) is 13.0. The first-order valence-corrected chi connectivity index (χ1v) is 14.7. The minimum absolute atomic E-state index is 0.579. The second kappa shape index (κ2) is 19.1. The second-order valence-electron chi connectivity index (χ2n) is 9.99. The van der Waals surface area contributed by atoms with Gasteiger partial charge in [0.1, 0.15) is 0 Å². The zero-order valence-corrected chi connectivity index (χ0v) is 22.7. The van der Waals surface area contributed by atoms with Crippen LogP contribution in [0.4, 0.5) is 0 Å². The summed E-state index contributed by atoms with van der Waals surface area (Å²) in [5.41, 5.74) is 0. The van der Waals surface area contributed by atoms with Crippen LogP contribution in [0, 0.1) is 0 Å². The molecule has 0 heterocycles. The van der Waals surface area contributed by atoms with Gasteiger partial charge in [-0.2, -0.15) is 0 Å². The quantitative estimate of drug-likeness (QED) is 0.0703. The molecular formula is C27H55NO2P+. The van der Waals surface area contributed by atoms with Gasteiger partial charge in [0.15, 0.2) is 0 Å². The largest absolute Gasteiger partial charge is 0.378 e. The van der Waals surface area contributed by atoms with Crippen molar-refractivity contribution in [2.75, 3.05) is 20.6 Å². The number of quaternary nitrogens is 1. The first-order chi connectivity index (χ1) is 14.9. The SMILES string of the molecule is CCCCCCCCC=CCCCCCCCCCCC(CC)(P(=O)=O)[N+](C)(C)CC. The second-order valence-corrected chi connectivity index (χ2v) is 11.3. The lowest BCUT2D eigenvalue weighted by molar-refractivity contribution is -0.925. The summed E-state index contributed by atoms with van der Waals surface area (Å²) in [6, 6.07) is 0. The first-order valence-electron chi connectivity index (χ1n) is 13.5. The van der Waals surface area contributed by atoms with Gasteiger partial charge < -0.3 is 4.48 Å². The highest BCUT2D eigenvalue weighted by Gasteiger charge is 2.48. The number of hydrogen-bond acceptors (Lipinski definition) is 2. The Morgan fingerprint density at radius 2 is 1.06 bits per heavy atom. The molecule has 0 aromatic carbocycles. The van der Waals surface area contributed by atoms with Gasteiger partial charge in [0.05, 0.1) is 20.6 Å². The minimum Gasteiger partial charge on any atom is -0.312 e. The molecule has 0 N–H and O–H groups in total. The number of hydrogen-bond donors (Lipinski definition) is 0. The van der Waals surface area contributed by atoms with E-state index in [1.54, 1.807) is 0 Å². The van der Waals surface area contributed by atoms with Gasteiger partial charge in [0, 0.05) is 12.8 Å². The molecule has 0 aliphatic heterocycles. The topological polar surface area (TPSA) is 34.1 Å². The van der Waals surface area contributed by atoms with Crippen LogP contribution in [0.5, 0.6) is 0 Å². The number of unbranched alkanes of at least 4 members (excludes halogenated alkanes) is 14. The molecule has 1 atom stereocenters. The number of nitrogens with zero attached hydrogens (tertiary/aromatic N) is 1. The van der Waals surface area contributed by atoms with Crippen LogP contribution in [-0.2, 0) is 9.13 Å². The van der Waals surface area contributed by atoms with Crippen LogP contribution in [0.1, 0.15) is 136 Å². The Balaban J connectivity index is 3.68. The maximum Gasteiger partial charge on any atom is 0.378 e. The van der Waals surface area contributed by atoms with Crippen molar-refractivity contribution in [3.63, 3.8) is 0 Å². The van der Waals surface area contributed by atoms with E-state index in [4.69, 9.17) is 0 Å². The highest BCUT2D eigenvalue weighted by Crippen LogP contribution is 2.43. The monoisotopic (exact) mass is 456 g/mol. The Morgan fingerprint density at radius 1 is 0.645 bits per heavy atom. The molecule has 0 aromatic heterocycles. The van der Waals surface area contributed by atoms with Crippen molar-refractivity contribution in [1.82, 2.24) is 0 Å². The lowest BCUT2D eigenvalue weighted by atomic mass is 10.00. The molecule has 0 radical (unpaired) electrons. The third-order valence-corrected chi connectivity index (χ3v) is 9.17. The lowest BCUT2D eigenvalue weighted by Gasteiger charge is -2.43. The predicted octanol–water partition coefficient (Wildman–Crippen LogP) is 9.57. The molecule has 184 valence electrons. The van der Waals surface area contributed by atoms with Gasteiger partial charge in [-0.15, -0.1) is 0 Å². The Kier molecular flexibility index (Phi) is 18.9. The summed E-state index contributed by atoms with van der Waals surface area (Å²) >= 11 is 0. The molecule has 0 fully saturated rings. The first kappa shape index (κ1) is 30.6. The van der Waals surface area contributed by atoms with E-state index in [0.29, 0.717) is 10.9 Å². The Labute approximate surface area is 195 Å². The van der Waals surface area contributed by atoms with Gasteiger partial charge >= 0.3 is 7.68 Å². The zero-order valence-electron chi connectivity index (χ0n) is 21.8. The van der Waals surface area contributed by atoms with Crippen LogP contribution in [0.2, 0.25) is 0 Å². The Morgan fingerprint density at radius 3 is 1.45 bits per heavy atom. The summed E-state index contributed by atoms with van der Waals surface area (Å²) < 4.78 is 24.8. The fourth-order valence-electron chi connectivity index (χ4n) is 4.65. The molecular weight excluding hydrogens is 401 g/mol. The minimum atomic E-state index is -2.42. The van der Waals surface area contributed by atoms with Crippen LogP contribution in [-0.4, -0.2) is 30.4 Å². The van der Waals surface area contributed by atoms with Crippen molar-refractivity contribution in [3.8, 4) is 0 Å². The van der Waals surface area contributed by atoms with Crippen molar-refractivity contribution < 1.29 is 13.6 Å². The molecule has 0 bridgehead atoms. The lowest BCUT2D eigenvalue weighted by Crippen LogP contribution is -2.56. The standard InChI is InChI=1S/C27H55NO2P/c1-6-9-10-11-12-13-14-15-16-17-18-19-20-21-22-23-24-25-26-27(7-2,31(29)30)28(4,5)8-3/h15-16H,6-14,17-26H2,1-5H3/q+1. The van der Waals surface area contributed by atoms with E-state index in [1.807, 2.05) is 6.92 Å². The molecule has 3 nitrogen and oxygen atoms in total. The van der Waals surface area contributed by atoms with Gasteiger partial charge in [-0.1, -0.05) is 96.6 Å². The maximum absolute atomic E-state index is 12.1. The summed E-state index contributed by atoms with van der Waals surface area (Å²) in [4.78, 5) is 0. The zero-order chi connectivity index (χ0) is 23.4. The van der Waals surface area contributed by atoms with Crippen molar-refractivity contribution in [2.45, 2.75) is 142 Å². The van der Waals surface area contributed by atoms with E-state index in [2.05, 4.69) is 40.1 Å². The molecule has 0 saturated carbocycles. The van der Waals surface area contributed by atoms with E-state index in [1.165, 1.54) is 89.9 Å². The molecule has 0 spiro atoms. The maximum atomic E-state index is 12.1. The molecule has 1 unspecified atom stereocenters. The fraction of sp³-hybridized carbons (Fsp3) is 0.926. The third-order valence-electron chi connectivity index (χ3n) is 7.41. The van der Waals surface area contributed by atoms with Gasteiger partial charge in [0.2, 0.25) is 5.28 Å². The smallest absolute Gasteiger partial charge is 0.312 e. The Bertz CT molecular complexity index is 505. The molecule has 0 rings (SSSR count). The van der Waals surface area contributed by atoms with Crippen LogP contribution in [0.3, 0.4) is 0 Å². The van der Waals surface area contributed by atoms with E-state index in [9.17, 15) is 9.13 Å². The summed E-state index contributed by atoms with van der Waals surface area (Å²) in [5.74, 6) is 0. The summed E-state index contributed by atoms with van der Waals surface area (Å²) in [6.07, 6.45) is 27.2. The van der Waals surface area contributed by atoms with Gasteiger partial charge in [-0.05, 0) is 39.0 Å². The molecule has 0 amide bonds. The van der Waals surface area contributed by atoms with E-state index < -0.39 is 13.0 Å². The normalized spacial score (nSPS) is 14.2. The summed E-state index contributed by atoms with van der Waals surface area (Å²) in [7, 11) is 1.72. The van der Waals surface area contributed by atoms with Crippen molar-refractivity contribution >= 4 is 7.68 Å². The van der Waals surface area contributed by atoms with Crippen LogP contribution in [0.25, 0.3) is 0 Å². The van der Waals surface area contributed by atoms with Crippen LogP contribution < -0.4 is 0 Å². The average Bonchev–Trinajstić information content (AvgIpc) is 2.75. The summed E-state index contributed by atoms with van der Waals surface area (Å²) in [5, 5.41) is -0.591. The highest BCUT2D eigenvalue weighted by atomic mass is 31.1. The molecule has 4 heteroatoms. The average molecular weight is 457 g/mol. The van der Waals surface area contributed by atoms with Crippen molar-refractivity contribution in [3.05, 3.63) is 12.2 Å². The molecule has 0 aliphatic carbocycles. The van der Waals surface area contributed by atoms with E-state index in [0.717, 1.165) is 25.8 Å². The van der Waals surface area contributed by atoms with Gasteiger partial charge in [-0.25, -0.2) is 9.13 Å². The molecule has 0 saturated heterocycles. The fourth-order valence-corrected chi connectivity index (χ4v) is 5.83. The van der Waals surface area contributed by atoms with Crippen LogP contribution in [0.15, 0.2) is 12.2 Å². The van der Waals surface area contributed by atoms with E-state index >= 15 is 0 Å². The molecule has 0 aromatic rings. The van der Waals surface area contributed by atoms with Crippen molar-refractivity contribution in [1.29, 1.82) is 0 Å². The van der Waals surface area contributed by atoms with Gasteiger partial charge in [0.25, 0.3) is 0 Å². The van der Waals surface area contributed by atoms with Gasteiger partial charge in [-0.3, -0.25) is 0 Å². The number of rotatable bonds is 22. The highest BCUT2D eigenvalue weighted by molar-refractivity contribution is 7.32. The molecule has 31 heavy (non-hydrogen) atoms.